The number of methoxy groups -OCH3 is 1. The molecule has 3 aromatic rings. The molecule has 12 heteroatoms. The van der Waals surface area contributed by atoms with Gasteiger partial charge in [-0.25, -0.2) is 14.3 Å². The molecule has 0 saturated carbocycles. The van der Waals surface area contributed by atoms with E-state index in [4.69, 9.17) is 10.5 Å². The summed E-state index contributed by atoms with van der Waals surface area (Å²) in [7, 11) is 1.40. The van der Waals surface area contributed by atoms with Gasteiger partial charge in [0.2, 0.25) is 0 Å². The largest absolute Gasteiger partial charge is 0.493 e. The van der Waals surface area contributed by atoms with E-state index in [2.05, 4.69) is 15.4 Å². The van der Waals surface area contributed by atoms with Crippen molar-refractivity contribution in [2.24, 2.45) is 5.41 Å². The maximum Gasteiger partial charge on any atom is 0.417 e. The number of hydrogen-bond acceptors (Lipinski definition) is 6. The molecule has 4 rings (SSSR count). The molecule has 1 saturated heterocycles. The van der Waals surface area contributed by atoms with Gasteiger partial charge in [0.25, 0.3) is 0 Å². The second-order valence-corrected chi connectivity index (χ2v) is 9.99. The molecular formula is C24H29F3N6O3. The predicted octanol–water partition coefficient (Wildman–Crippen LogP) is 4.97. The van der Waals surface area contributed by atoms with Gasteiger partial charge in [-0.2, -0.15) is 18.3 Å². The number of anilines is 2. The topological polar surface area (TPSA) is 118 Å². The van der Waals surface area contributed by atoms with Crippen molar-refractivity contribution in [3.05, 3.63) is 36.3 Å². The van der Waals surface area contributed by atoms with E-state index in [0.717, 1.165) is 6.07 Å². The summed E-state index contributed by atoms with van der Waals surface area (Å²) in [5.74, 6) is 0.267. The normalized spacial score (nSPS) is 18.9. The Labute approximate surface area is 206 Å². The number of pyridine rings is 1. The zero-order valence-electron chi connectivity index (χ0n) is 20.4. The number of carboxylic acid groups (broad SMARTS) is 1. The molecule has 3 heterocycles. The summed E-state index contributed by atoms with van der Waals surface area (Å²) in [6.07, 6.45) is -1.86. The number of nitrogens with one attached hydrogen (secondary N) is 1. The van der Waals surface area contributed by atoms with Crippen LogP contribution in [-0.2, 0) is 6.18 Å². The number of nitrogens with two attached hydrogens (primary N) is 1. The average molecular weight is 507 g/mol. The number of fused-ring (bicyclic) bond motifs is 1. The van der Waals surface area contributed by atoms with Crippen LogP contribution in [-0.4, -0.2) is 56.4 Å². The molecule has 1 amide bonds. The zero-order valence-corrected chi connectivity index (χ0v) is 20.4. The number of piperidine rings is 1. The number of amides is 1. The van der Waals surface area contributed by atoms with E-state index >= 15 is 0 Å². The summed E-state index contributed by atoms with van der Waals surface area (Å²) < 4.78 is 49.5. The molecule has 194 valence electrons. The number of likely N-dealkylation sites (tertiary alicyclic amines) is 1. The van der Waals surface area contributed by atoms with Crippen molar-refractivity contribution in [3.63, 3.8) is 0 Å². The van der Waals surface area contributed by atoms with E-state index in [1.54, 1.807) is 0 Å². The van der Waals surface area contributed by atoms with Crippen molar-refractivity contribution >= 4 is 23.1 Å². The van der Waals surface area contributed by atoms with Crippen LogP contribution in [0.2, 0.25) is 0 Å². The highest BCUT2D eigenvalue weighted by Gasteiger charge is 2.42. The minimum atomic E-state index is -4.69. The van der Waals surface area contributed by atoms with Crippen LogP contribution in [0.5, 0.6) is 5.75 Å². The van der Waals surface area contributed by atoms with Crippen LogP contribution in [0.3, 0.4) is 0 Å². The van der Waals surface area contributed by atoms with Gasteiger partial charge < -0.3 is 25.8 Å². The summed E-state index contributed by atoms with van der Waals surface area (Å²) in [4.78, 5) is 17.3. The third-order valence-corrected chi connectivity index (χ3v) is 6.47. The quantitative estimate of drug-likeness (QED) is 0.428. The molecule has 2 atom stereocenters. The molecule has 2 aromatic heterocycles. The highest BCUT2D eigenvalue weighted by molar-refractivity contribution is 5.81. The number of halogens is 3. The van der Waals surface area contributed by atoms with E-state index in [1.165, 1.54) is 41.2 Å². The van der Waals surface area contributed by atoms with Gasteiger partial charge in [0.1, 0.15) is 6.33 Å². The minimum Gasteiger partial charge on any atom is -0.493 e. The highest BCUT2D eigenvalue weighted by Crippen LogP contribution is 2.43. The first-order valence-corrected chi connectivity index (χ1v) is 11.5. The van der Waals surface area contributed by atoms with Crippen LogP contribution < -0.4 is 15.8 Å². The van der Waals surface area contributed by atoms with Gasteiger partial charge in [-0.3, -0.25) is 0 Å². The average Bonchev–Trinajstić information content (AvgIpc) is 3.26. The Morgan fingerprint density at radius 3 is 2.58 bits per heavy atom. The molecule has 4 N–H and O–H groups in total. The molecule has 1 fully saturated rings. The Bertz CT molecular complexity index is 1280. The summed E-state index contributed by atoms with van der Waals surface area (Å²) in [5.41, 5.74) is 5.58. The van der Waals surface area contributed by atoms with Gasteiger partial charge in [0.05, 0.1) is 30.1 Å². The van der Waals surface area contributed by atoms with Crippen LogP contribution in [0.25, 0.3) is 16.8 Å². The number of ether oxygens (including phenoxy) is 1. The van der Waals surface area contributed by atoms with E-state index in [1.807, 2.05) is 20.8 Å². The number of hydrogen-bond donors (Lipinski definition) is 3. The van der Waals surface area contributed by atoms with Gasteiger partial charge >= 0.3 is 12.3 Å². The molecule has 2 unspecified atom stereocenters. The predicted molar refractivity (Wildman–Crippen MR) is 129 cm³/mol. The van der Waals surface area contributed by atoms with Crippen molar-refractivity contribution in [3.8, 4) is 16.9 Å². The Hall–Kier alpha value is -3.70. The van der Waals surface area contributed by atoms with Crippen LogP contribution in [0.15, 0.2) is 30.7 Å². The van der Waals surface area contributed by atoms with Crippen LogP contribution >= 0.6 is 0 Å². The third-order valence-electron chi connectivity index (χ3n) is 6.47. The first-order chi connectivity index (χ1) is 16.8. The van der Waals surface area contributed by atoms with Gasteiger partial charge in [-0.15, -0.1) is 0 Å². The van der Waals surface area contributed by atoms with Crippen LogP contribution in [0, 0.1) is 5.41 Å². The van der Waals surface area contributed by atoms with Crippen LogP contribution in [0.1, 0.15) is 39.2 Å². The molecule has 0 bridgehead atoms. The first kappa shape index (κ1) is 25.4. The van der Waals surface area contributed by atoms with E-state index in [-0.39, 0.29) is 28.3 Å². The van der Waals surface area contributed by atoms with Crippen molar-refractivity contribution in [2.45, 2.75) is 51.9 Å². The summed E-state index contributed by atoms with van der Waals surface area (Å²) in [6.45, 7) is 6.10. The van der Waals surface area contributed by atoms with E-state index in [0.29, 0.717) is 25.0 Å². The van der Waals surface area contributed by atoms with E-state index in [9.17, 15) is 23.1 Å². The lowest BCUT2D eigenvalue weighted by atomic mass is 9.77. The fraction of sp³-hybridized carbons (Fsp3) is 0.458. The zero-order chi connectivity index (χ0) is 26.4. The monoisotopic (exact) mass is 506 g/mol. The smallest absolute Gasteiger partial charge is 0.417 e. The Morgan fingerprint density at radius 2 is 1.97 bits per heavy atom. The molecule has 1 aromatic carbocycles. The van der Waals surface area contributed by atoms with Crippen molar-refractivity contribution in [1.29, 1.82) is 0 Å². The first-order valence-electron chi connectivity index (χ1n) is 11.5. The summed E-state index contributed by atoms with van der Waals surface area (Å²) in [5, 5.41) is 16.9. The molecule has 9 nitrogen and oxygen atoms in total. The second kappa shape index (κ2) is 9.07. The number of aromatic nitrogens is 3. The molecule has 1 aliphatic rings. The number of rotatable bonds is 4. The number of alkyl halides is 3. The number of carbonyl (C=O) groups is 1. The molecule has 1 aliphatic heterocycles. The molecule has 36 heavy (non-hydrogen) atoms. The Balaban J connectivity index is 1.80. The molecular weight excluding hydrogens is 477 g/mol. The molecule has 0 aliphatic carbocycles. The van der Waals surface area contributed by atoms with E-state index < -0.39 is 35.3 Å². The minimum absolute atomic E-state index is 0.103. The molecule has 0 radical (unpaired) electrons. The van der Waals surface area contributed by atoms with Crippen LogP contribution in [0.4, 0.5) is 29.3 Å². The Kier molecular flexibility index (Phi) is 6.40. The fourth-order valence-electron chi connectivity index (χ4n) is 5.04. The third kappa shape index (κ3) is 4.71. The lowest BCUT2D eigenvalue weighted by molar-refractivity contribution is -0.137. The van der Waals surface area contributed by atoms with Crippen molar-refractivity contribution < 1.29 is 27.8 Å². The fourth-order valence-corrected chi connectivity index (χ4v) is 5.04. The SMILES string of the molecule is COc1cc(-c2cc(N)c(NC3CCCN(C(=O)O)C3C(C)(C)C)cc2C(F)(F)F)cn2ncnc12. The maximum atomic E-state index is 14.3. The summed E-state index contributed by atoms with van der Waals surface area (Å²) in [6, 6.07) is 2.84. The van der Waals surface area contributed by atoms with Gasteiger partial charge in [0.15, 0.2) is 11.4 Å². The van der Waals surface area contributed by atoms with Gasteiger partial charge in [-0.1, -0.05) is 20.8 Å². The van der Waals surface area contributed by atoms with Crippen molar-refractivity contribution in [2.75, 3.05) is 24.7 Å². The standard InChI is InChI=1S/C24H29F3N6O3/c1-23(2,3)20-17(6-5-7-32(20)22(34)35)31-18-10-15(24(25,26)27)14(9-16(18)28)13-8-19(36-4)21-29-12-30-33(21)11-13/h8-12,17,20,31H,5-7,28H2,1-4H3,(H,34,35). The van der Waals surface area contributed by atoms with Crippen molar-refractivity contribution in [1.82, 2.24) is 19.5 Å². The Morgan fingerprint density at radius 1 is 1.25 bits per heavy atom. The second-order valence-electron chi connectivity index (χ2n) is 9.99. The molecule has 0 spiro atoms. The maximum absolute atomic E-state index is 14.3. The lowest BCUT2D eigenvalue weighted by Gasteiger charge is -2.47. The van der Waals surface area contributed by atoms with Gasteiger partial charge in [0, 0.05) is 24.3 Å². The number of benzene rings is 1. The highest BCUT2D eigenvalue weighted by atomic mass is 19.4. The number of nitrogens with zero attached hydrogens (tertiary/aromatic N) is 4. The number of nitrogen functional groups attached to an aromatic ring is 1. The van der Waals surface area contributed by atoms with Gasteiger partial charge in [-0.05, 0) is 42.0 Å². The lowest BCUT2D eigenvalue weighted by Crippen LogP contribution is -2.58. The summed E-state index contributed by atoms with van der Waals surface area (Å²) >= 11 is 0.